The van der Waals surface area contributed by atoms with Gasteiger partial charge in [-0.15, -0.1) is 0 Å². The van der Waals surface area contributed by atoms with Crippen molar-refractivity contribution in [3.63, 3.8) is 0 Å². The molecule has 0 atom stereocenters. The number of fused-ring (bicyclic) bond motifs is 1. The molecule has 0 saturated heterocycles. The number of nitrogens with zero attached hydrogens (tertiary/aromatic N) is 1. The normalized spacial score (nSPS) is 13.1. The number of carbonyl (C=O) groups excluding carboxylic acids is 2. The van der Waals surface area contributed by atoms with Crippen molar-refractivity contribution in [1.82, 2.24) is 0 Å². The molecular weight excluding hydrogens is 447 g/mol. The van der Waals surface area contributed by atoms with Crippen LogP contribution in [0.2, 0.25) is 0 Å². The Balaban J connectivity index is 1.53. The van der Waals surface area contributed by atoms with E-state index >= 15 is 0 Å². The molecule has 8 heteroatoms. The Kier molecular flexibility index (Phi) is 6.32. The third-order valence-corrected chi connectivity index (χ3v) is 5.78. The number of methoxy groups -OCH3 is 1. The summed E-state index contributed by atoms with van der Waals surface area (Å²) in [4.78, 5) is 26.0. The number of amides is 1. The van der Waals surface area contributed by atoms with Gasteiger partial charge in [0.2, 0.25) is 0 Å². The number of carbonyl (C=O) groups is 2. The summed E-state index contributed by atoms with van der Waals surface area (Å²) in [5.41, 5.74) is 3.36. The zero-order valence-electron chi connectivity index (χ0n) is 18.6. The number of anilines is 1. The van der Waals surface area contributed by atoms with E-state index in [0.29, 0.717) is 17.0 Å². The molecule has 1 heterocycles. The third kappa shape index (κ3) is 4.76. The van der Waals surface area contributed by atoms with Crippen molar-refractivity contribution in [3.8, 4) is 5.75 Å². The van der Waals surface area contributed by atoms with Gasteiger partial charge in [-0.1, -0.05) is 24.3 Å². The number of hydrogen-bond acceptors (Lipinski definition) is 4. The van der Waals surface area contributed by atoms with Crippen molar-refractivity contribution in [2.75, 3.05) is 12.0 Å². The van der Waals surface area contributed by atoms with E-state index in [1.54, 1.807) is 18.2 Å². The average Bonchev–Trinajstić information content (AvgIpc) is 3.16. The Bertz CT molecular complexity index is 1240. The fourth-order valence-corrected chi connectivity index (χ4v) is 3.88. The third-order valence-electron chi connectivity index (χ3n) is 5.78. The number of halogens is 3. The van der Waals surface area contributed by atoms with E-state index in [0.717, 1.165) is 34.4 Å². The van der Waals surface area contributed by atoms with Crippen LogP contribution in [0, 0.1) is 6.92 Å². The van der Waals surface area contributed by atoms with E-state index in [9.17, 15) is 22.8 Å². The van der Waals surface area contributed by atoms with Gasteiger partial charge in [-0.2, -0.15) is 13.2 Å². The standard InChI is InChI=1S/C26H22F3NO4/c1-16-6-7-17(13-24(31)33-2)12-23(16)34-15-18-4-3-5-21-22(18)14-30(25(21)32)20-10-8-19(9-11-20)26(27,28)29/h3-12H,13-15H2,1-2H3. The second kappa shape index (κ2) is 9.21. The van der Waals surface area contributed by atoms with Crippen LogP contribution in [0.1, 0.15) is 38.2 Å². The number of hydrogen-bond donors (Lipinski definition) is 0. The highest BCUT2D eigenvalue weighted by molar-refractivity contribution is 6.10. The largest absolute Gasteiger partial charge is 0.489 e. The van der Waals surface area contributed by atoms with Crippen LogP contribution in [0.5, 0.6) is 5.75 Å². The zero-order chi connectivity index (χ0) is 24.5. The lowest BCUT2D eigenvalue weighted by Gasteiger charge is -2.17. The minimum Gasteiger partial charge on any atom is -0.489 e. The van der Waals surface area contributed by atoms with Crippen LogP contribution in [0.15, 0.2) is 60.7 Å². The molecule has 176 valence electrons. The molecule has 1 aliphatic rings. The predicted molar refractivity (Wildman–Crippen MR) is 120 cm³/mol. The molecule has 0 N–H and O–H groups in total. The quantitative estimate of drug-likeness (QED) is 0.450. The molecule has 0 fully saturated rings. The van der Waals surface area contributed by atoms with Gasteiger partial charge >= 0.3 is 12.1 Å². The van der Waals surface area contributed by atoms with E-state index in [1.165, 1.54) is 24.1 Å². The summed E-state index contributed by atoms with van der Waals surface area (Å²) >= 11 is 0. The summed E-state index contributed by atoms with van der Waals surface area (Å²) in [6, 6.07) is 15.3. The maximum Gasteiger partial charge on any atom is 0.416 e. The first-order valence-corrected chi connectivity index (χ1v) is 10.6. The van der Waals surface area contributed by atoms with Crippen LogP contribution in [0.25, 0.3) is 0 Å². The van der Waals surface area contributed by atoms with Crippen LogP contribution in [0.3, 0.4) is 0 Å². The molecule has 0 radical (unpaired) electrons. The van der Waals surface area contributed by atoms with Crippen LogP contribution in [-0.2, 0) is 35.3 Å². The molecule has 0 bridgehead atoms. The van der Waals surface area contributed by atoms with Gasteiger partial charge in [0.25, 0.3) is 5.91 Å². The highest BCUT2D eigenvalue weighted by Crippen LogP contribution is 2.34. The van der Waals surface area contributed by atoms with Crippen molar-refractivity contribution >= 4 is 17.6 Å². The lowest BCUT2D eigenvalue weighted by atomic mass is 10.0. The zero-order valence-corrected chi connectivity index (χ0v) is 18.6. The first kappa shape index (κ1) is 23.4. The maximum atomic E-state index is 13.0. The van der Waals surface area contributed by atoms with Crippen molar-refractivity contribution in [1.29, 1.82) is 0 Å². The van der Waals surface area contributed by atoms with Gasteiger partial charge < -0.3 is 14.4 Å². The van der Waals surface area contributed by atoms with Crippen molar-refractivity contribution < 1.29 is 32.2 Å². The maximum absolute atomic E-state index is 13.0. The molecule has 4 rings (SSSR count). The summed E-state index contributed by atoms with van der Waals surface area (Å²) in [5.74, 6) is -0.00616. The number of aryl methyl sites for hydroxylation is 1. The van der Waals surface area contributed by atoms with Gasteiger partial charge in [-0.25, -0.2) is 0 Å². The molecule has 3 aromatic carbocycles. The van der Waals surface area contributed by atoms with E-state index in [-0.39, 0.29) is 31.4 Å². The van der Waals surface area contributed by atoms with E-state index in [1.807, 2.05) is 25.1 Å². The van der Waals surface area contributed by atoms with Crippen LogP contribution >= 0.6 is 0 Å². The molecule has 0 aromatic heterocycles. The lowest BCUT2D eigenvalue weighted by Crippen LogP contribution is -2.23. The molecule has 0 saturated carbocycles. The Morgan fingerprint density at radius 2 is 1.79 bits per heavy atom. The fraction of sp³-hybridized carbons (Fsp3) is 0.231. The molecule has 0 spiro atoms. The van der Waals surface area contributed by atoms with Crippen LogP contribution < -0.4 is 9.64 Å². The van der Waals surface area contributed by atoms with Crippen molar-refractivity contribution in [2.24, 2.45) is 0 Å². The summed E-state index contributed by atoms with van der Waals surface area (Å²) in [7, 11) is 1.33. The minimum absolute atomic E-state index is 0.129. The molecule has 34 heavy (non-hydrogen) atoms. The summed E-state index contributed by atoms with van der Waals surface area (Å²) in [6.07, 6.45) is -4.31. The molecule has 3 aromatic rings. The molecular formula is C26H22F3NO4. The SMILES string of the molecule is COC(=O)Cc1ccc(C)c(OCc2cccc3c2CN(c2ccc(C(F)(F)F)cc2)C3=O)c1. The lowest BCUT2D eigenvalue weighted by molar-refractivity contribution is -0.140. The molecule has 5 nitrogen and oxygen atoms in total. The van der Waals surface area contributed by atoms with Crippen molar-refractivity contribution in [2.45, 2.75) is 32.7 Å². The van der Waals surface area contributed by atoms with Gasteiger partial charge in [0.1, 0.15) is 12.4 Å². The van der Waals surface area contributed by atoms with Crippen LogP contribution in [-0.4, -0.2) is 19.0 Å². The molecule has 0 aliphatic carbocycles. The first-order chi connectivity index (χ1) is 16.2. The summed E-state index contributed by atoms with van der Waals surface area (Å²) in [5, 5.41) is 0. The number of alkyl halides is 3. The van der Waals surface area contributed by atoms with Crippen molar-refractivity contribution in [3.05, 3.63) is 94.0 Å². The Morgan fingerprint density at radius 3 is 2.47 bits per heavy atom. The first-order valence-electron chi connectivity index (χ1n) is 10.6. The smallest absolute Gasteiger partial charge is 0.416 e. The number of benzene rings is 3. The number of esters is 1. The van der Waals surface area contributed by atoms with E-state index in [2.05, 4.69) is 0 Å². The van der Waals surface area contributed by atoms with Gasteiger partial charge in [-0.05, 0) is 65.6 Å². The van der Waals surface area contributed by atoms with Crippen LogP contribution in [0.4, 0.5) is 18.9 Å². The highest BCUT2D eigenvalue weighted by atomic mass is 19.4. The number of ether oxygens (including phenoxy) is 2. The number of rotatable bonds is 6. The topological polar surface area (TPSA) is 55.8 Å². The minimum atomic E-state index is -4.44. The summed E-state index contributed by atoms with van der Waals surface area (Å²) in [6.45, 7) is 2.32. The predicted octanol–water partition coefficient (Wildman–Crippen LogP) is 5.47. The monoisotopic (exact) mass is 469 g/mol. The average molecular weight is 469 g/mol. The Morgan fingerprint density at radius 1 is 1.06 bits per heavy atom. The van der Waals surface area contributed by atoms with Gasteiger partial charge in [-0.3, -0.25) is 9.59 Å². The Hall–Kier alpha value is -3.81. The van der Waals surface area contributed by atoms with Gasteiger partial charge in [0.05, 0.1) is 25.6 Å². The van der Waals surface area contributed by atoms with E-state index < -0.39 is 11.7 Å². The Labute approximate surface area is 194 Å². The summed E-state index contributed by atoms with van der Waals surface area (Å²) < 4.78 is 49.4. The van der Waals surface area contributed by atoms with Gasteiger partial charge in [0.15, 0.2) is 0 Å². The van der Waals surface area contributed by atoms with E-state index in [4.69, 9.17) is 9.47 Å². The second-order valence-corrected chi connectivity index (χ2v) is 8.02. The molecule has 1 amide bonds. The fourth-order valence-electron chi connectivity index (χ4n) is 3.88. The molecule has 1 aliphatic heterocycles. The molecule has 0 unspecified atom stereocenters. The highest BCUT2D eigenvalue weighted by Gasteiger charge is 2.33. The second-order valence-electron chi connectivity index (χ2n) is 8.02. The van der Waals surface area contributed by atoms with Gasteiger partial charge in [0, 0.05) is 11.3 Å².